The second kappa shape index (κ2) is 6.28. The number of amides is 3. The average Bonchev–Trinajstić information content (AvgIpc) is 2.85. The molecule has 1 aliphatic rings. The molecule has 0 spiro atoms. The van der Waals surface area contributed by atoms with E-state index in [1.165, 1.54) is 4.90 Å². The monoisotopic (exact) mass is 322 g/mol. The molecule has 2 aromatic carbocycles. The molecule has 0 fully saturated rings. The van der Waals surface area contributed by atoms with E-state index in [4.69, 9.17) is 0 Å². The third-order valence-electron chi connectivity index (χ3n) is 4.13. The SMILES string of the molecule is CN(C)C(=O)C(Cc1ccccc1)N1C(=O)c2ccccc2C1=O. The molecular formula is C19H18N2O3. The minimum atomic E-state index is -0.852. The van der Waals surface area contributed by atoms with Gasteiger partial charge in [-0.15, -0.1) is 0 Å². The lowest BCUT2D eigenvalue weighted by atomic mass is 10.0. The predicted molar refractivity (Wildman–Crippen MR) is 89.6 cm³/mol. The molecule has 122 valence electrons. The van der Waals surface area contributed by atoms with Gasteiger partial charge >= 0.3 is 0 Å². The number of carbonyl (C=O) groups is 3. The number of benzene rings is 2. The Balaban J connectivity index is 1.99. The molecule has 0 aliphatic carbocycles. The Hall–Kier alpha value is -2.95. The topological polar surface area (TPSA) is 57.7 Å². The lowest BCUT2D eigenvalue weighted by molar-refractivity contribution is -0.132. The molecular weight excluding hydrogens is 304 g/mol. The first-order valence-corrected chi connectivity index (χ1v) is 7.72. The van der Waals surface area contributed by atoms with Crippen LogP contribution in [-0.2, 0) is 11.2 Å². The second-order valence-corrected chi connectivity index (χ2v) is 5.96. The molecule has 24 heavy (non-hydrogen) atoms. The molecule has 3 amide bonds. The van der Waals surface area contributed by atoms with Crippen LogP contribution in [0.15, 0.2) is 54.6 Å². The fourth-order valence-corrected chi connectivity index (χ4v) is 2.92. The van der Waals surface area contributed by atoms with Gasteiger partial charge in [0.25, 0.3) is 11.8 Å². The van der Waals surface area contributed by atoms with Gasteiger partial charge in [0.15, 0.2) is 0 Å². The van der Waals surface area contributed by atoms with Gasteiger partial charge in [0.1, 0.15) is 6.04 Å². The molecule has 0 bridgehead atoms. The van der Waals surface area contributed by atoms with E-state index in [9.17, 15) is 14.4 Å². The summed E-state index contributed by atoms with van der Waals surface area (Å²) in [5.41, 5.74) is 1.61. The van der Waals surface area contributed by atoms with E-state index < -0.39 is 17.9 Å². The highest BCUT2D eigenvalue weighted by atomic mass is 16.2. The zero-order chi connectivity index (χ0) is 17.3. The Kier molecular flexibility index (Phi) is 4.16. The molecule has 1 aliphatic heterocycles. The van der Waals surface area contributed by atoms with E-state index in [2.05, 4.69) is 0 Å². The van der Waals surface area contributed by atoms with Gasteiger partial charge in [-0.2, -0.15) is 0 Å². The fourth-order valence-electron chi connectivity index (χ4n) is 2.92. The summed E-state index contributed by atoms with van der Waals surface area (Å²) in [6, 6.07) is 15.2. The maximum absolute atomic E-state index is 12.7. The lowest BCUT2D eigenvalue weighted by Gasteiger charge is -2.27. The molecule has 5 heteroatoms. The second-order valence-electron chi connectivity index (χ2n) is 5.96. The molecule has 0 aromatic heterocycles. The van der Waals surface area contributed by atoms with Crippen molar-refractivity contribution in [3.63, 3.8) is 0 Å². The van der Waals surface area contributed by atoms with Crippen LogP contribution in [0.2, 0.25) is 0 Å². The summed E-state index contributed by atoms with van der Waals surface area (Å²) in [7, 11) is 3.25. The molecule has 0 radical (unpaired) electrons. The summed E-state index contributed by atoms with van der Waals surface area (Å²) < 4.78 is 0. The maximum atomic E-state index is 12.7. The number of hydrogen-bond donors (Lipinski definition) is 0. The molecule has 3 rings (SSSR count). The van der Waals surface area contributed by atoms with Gasteiger partial charge in [0.05, 0.1) is 11.1 Å². The van der Waals surface area contributed by atoms with Crippen molar-refractivity contribution in [3.05, 3.63) is 71.3 Å². The zero-order valence-electron chi connectivity index (χ0n) is 13.6. The number of rotatable bonds is 4. The number of fused-ring (bicyclic) bond motifs is 1. The lowest BCUT2D eigenvalue weighted by Crippen LogP contribution is -2.50. The van der Waals surface area contributed by atoms with Gasteiger partial charge in [-0.25, -0.2) is 0 Å². The van der Waals surface area contributed by atoms with Crippen molar-refractivity contribution >= 4 is 17.7 Å². The highest BCUT2D eigenvalue weighted by molar-refractivity contribution is 6.22. The number of hydrogen-bond acceptors (Lipinski definition) is 3. The van der Waals surface area contributed by atoms with E-state index in [1.54, 1.807) is 38.4 Å². The Labute approximate surface area is 140 Å². The summed E-state index contributed by atoms with van der Waals surface area (Å²) in [6.45, 7) is 0. The summed E-state index contributed by atoms with van der Waals surface area (Å²) in [5.74, 6) is -1.09. The zero-order valence-corrected chi connectivity index (χ0v) is 13.6. The van der Waals surface area contributed by atoms with Gasteiger partial charge < -0.3 is 4.90 Å². The smallest absolute Gasteiger partial charge is 0.262 e. The van der Waals surface area contributed by atoms with Crippen LogP contribution in [-0.4, -0.2) is 47.7 Å². The van der Waals surface area contributed by atoms with Crippen molar-refractivity contribution in [3.8, 4) is 0 Å². The van der Waals surface area contributed by atoms with Crippen LogP contribution in [0.1, 0.15) is 26.3 Å². The van der Waals surface area contributed by atoms with Crippen molar-refractivity contribution < 1.29 is 14.4 Å². The van der Waals surface area contributed by atoms with E-state index in [0.717, 1.165) is 10.5 Å². The minimum Gasteiger partial charge on any atom is -0.347 e. The Morgan fingerprint density at radius 2 is 1.42 bits per heavy atom. The summed E-state index contributed by atoms with van der Waals surface area (Å²) in [5, 5.41) is 0. The minimum absolute atomic E-state index is 0.270. The fraction of sp³-hybridized carbons (Fsp3) is 0.211. The molecule has 2 aromatic rings. The van der Waals surface area contributed by atoms with Crippen molar-refractivity contribution in [2.75, 3.05) is 14.1 Å². The molecule has 5 nitrogen and oxygen atoms in total. The van der Waals surface area contributed by atoms with Crippen molar-refractivity contribution in [1.82, 2.24) is 9.80 Å². The number of imide groups is 1. The highest BCUT2D eigenvalue weighted by Gasteiger charge is 2.42. The van der Waals surface area contributed by atoms with Crippen LogP contribution in [0.4, 0.5) is 0 Å². The number of nitrogens with zero attached hydrogens (tertiary/aromatic N) is 2. The van der Waals surface area contributed by atoms with Crippen molar-refractivity contribution in [2.24, 2.45) is 0 Å². The van der Waals surface area contributed by atoms with E-state index >= 15 is 0 Å². The summed E-state index contributed by atoms with van der Waals surface area (Å²) in [6.07, 6.45) is 0.295. The number of likely N-dealkylation sites (N-methyl/N-ethyl adjacent to an activating group) is 1. The third kappa shape index (κ3) is 2.69. The quantitative estimate of drug-likeness (QED) is 0.809. The largest absolute Gasteiger partial charge is 0.347 e. The van der Waals surface area contributed by atoms with Crippen LogP contribution >= 0.6 is 0 Å². The van der Waals surface area contributed by atoms with E-state index in [1.807, 2.05) is 30.3 Å². The third-order valence-corrected chi connectivity index (χ3v) is 4.13. The van der Waals surface area contributed by atoms with Gasteiger partial charge in [-0.05, 0) is 17.7 Å². The normalized spacial score (nSPS) is 14.5. The predicted octanol–water partition coefficient (Wildman–Crippen LogP) is 1.98. The van der Waals surface area contributed by atoms with Crippen LogP contribution < -0.4 is 0 Å². The standard InChI is InChI=1S/C19H18N2O3/c1-20(2)19(24)16(12-13-8-4-3-5-9-13)21-17(22)14-10-6-7-11-15(14)18(21)23/h3-11,16H,12H2,1-2H3. The van der Waals surface area contributed by atoms with Gasteiger partial charge in [0.2, 0.25) is 5.91 Å². The highest BCUT2D eigenvalue weighted by Crippen LogP contribution is 2.26. The van der Waals surface area contributed by atoms with E-state index in [-0.39, 0.29) is 5.91 Å². The molecule has 1 heterocycles. The summed E-state index contributed by atoms with van der Waals surface area (Å²) >= 11 is 0. The molecule has 0 saturated carbocycles. The molecule has 1 atom stereocenters. The number of carbonyl (C=O) groups excluding carboxylic acids is 3. The molecule has 1 unspecified atom stereocenters. The first kappa shape index (κ1) is 15.9. The van der Waals surface area contributed by atoms with Gasteiger partial charge in [-0.1, -0.05) is 42.5 Å². The molecule has 0 N–H and O–H groups in total. The molecule has 0 saturated heterocycles. The Bertz CT molecular complexity index is 764. The van der Waals surface area contributed by atoms with Crippen molar-refractivity contribution in [1.29, 1.82) is 0 Å². The first-order chi connectivity index (χ1) is 11.5. The summed E-state index contributed by atoms with van der Waals surface area (Å²) in [4.78, 5) is 40.6. The van der Waals surface area contributed by atoms with Gasteiger partial charge in [-0.3, -0.25) is 19.3 Å². The van der Waals surface area contributed by atoms with Gasteiger partial charge in [0, 0.05) is 20.5 Å². The van der Waals surface area contributed by atoms with Crippen LogP contribution in [0.5, 0.6) is 0 Å². The van der Waals surface area contributed by atoms with Crippen molar-refractivity contribution in [2.45, 2.75) is 12.5 Å². The van der Waals surface area contributed by atoms with Crippen LogP contribution in [0, 0.1) is 0 Å². The Morgan fingerprint density at radius 1 is 0.917 bits per heavy atom. The van der Waals surface area contributed by atoms with E-state index in [0.29, 0.717) is 17.5 Å². The maximum Gasteiger partial charge on any atom is 0.262 e. The first-order valence-electron chi connectivity index (χ1n) is 7.72. The van der Waals surface area contributed by atoms with Crippen LogP contribution in [0.25, 0.3) is 0 Å². The van der Waals surface area contributed by atoms with Crippen LogP contribution in [0.3, 0.4) is 0 Å². The Morgan fingerprint density at radius 3 is 1.92 bits per heavy atom. The average molecular weight is 322 g/mol.